The highest BCUT2D eigenvalue weighted by Crippen LogP contribution is 2.21. The van der Waals surface area contributed by atoms with Crippen molar-refractivity contribution in [2.24, 2.45) is 0 Å². The molecule has 0 bridgehead atoms. The van der Waals surface area contributed by atoms with Gasteiger partial charge in [-0.2, -0.15) is 0 Å². The molecule has 0 saturated heterocycles. The first-order valence-corrected chi connectivity index (χ1v) is 3.54. The number of nitrogens with one attached hydrogen (secondary N) is 1. The number of ether oxygens (including phenoxy) is 1. The number of nitrogens with two attached hydrogens (primary N) is 1. The summed E-state index contributed by atoms with van der Waals surface area (Å²) in [6.07, 6.45) is -0.753. The molecular weight excluding hydrogens is 175 g/mol. The van der Waals surface area contributed by atoms with Crippen LogP contribution in [0.5, 0.6) is 0 Å². The van der Waals surface area contributed by atoms with Gasteiger partial charge in [0, 0.05) is 0 Å². The minimum atomic E-state index is -0.753. The van der Waals surface area contributed by atoms with Crippen LogP contribution in [0.4, 0.5) is 20.6 Å². The molecule has 1 rings (SSSR count). The normalized spacial score (nSPS) is 9.38. The van der Waals surface area contributed by atoms with Gasteiger partial charge in [0.15, 0.2) is 0 Å². The number of benzene rings is 1. The van der Waals surface area contributed by atoms with Crippen molar-refractivity contribution in [2.75, 3.05) is 18.2 Å². The van der Waals surface area contributed by atoms with Crippen molar-refractivity contribution in [3.8, 4) is 0 Å². The molecule has 1 aromatic carbocycles. The third-order valence-electron chi connectivity index (χ3n) is 1.46. The van der Waals surface area contributed by atoms with Crippen LogP contribution in [-0.4, -0.2) is 13.2 Å². The summed E-state index contributed by atoms with van der Waals surface area (Å²) < 4.78 is 17.3. The van der Waals surface area contributed by atoms with Crippen LogP contribution in [0.3, 0.4) is 0 Å². The number of methoxy groups -OCH3 is 1. The summed E-state index contributed by atoms with van der Waals surface area (Å²) in [5.74, 6) is -0.592. The Labute approximate surface area is 74.5 Å². The zero-order chi connectivity index (χ0) is 9.84. The van der Waals surface area contributed by atoms with E-state index < -0.39 is 11.9 Å². The lowest BCUT2D eigenvalue weighted by molar-refractivity contribution is 0.187. The number of para-hydroxylation sites is 1. The largest absolute Gasteiger partial charge is 0.453 e. The number of carbonyl (C=O) groups is 1. The fourth-order valence-corrected chi connectivity index (χ4v) is 0.826. The highest BCUT2D eigenvalue weighted by Gasteiger charge is 2.08. The highest BCUT2D eigenvalue weighted by atomic mass is 19.1. The van der Waals surface area contributed by atoms with Crippen molar-refractivity contribution in [3.63, 3.8) is 0 Å². The second-order valence-electron chi connectivity index (χ2n) is 2.32. The SMILES string of the molecule is COC(=O)Nc1c(N)cccc1F. The van der Waals surface area contributed by atoms with Gasteiger partial charge in [0.25, 0.3) is 0 Å². The fourth-order valence-electron chi connectivity index (χ4n) is 0.826. The third kappa shape index (κ3) is 2.08. The van der Waals surface area contributed by atoms with E-state index in [0.717, 1.165) is 0 Å². The van der Waals surface area contributed by atoms with Crippen molar-refractivity contribution in [1.29, 1.82) is 0 Å². The summed E-state index contributed by atoms with van der Waals surface area (Å²) in [5, 5.41) is 2.17. The van der Waals surface area contributed by atoms with Gasteiger partial charge in [-0.3, -0.25) is 5.32 Å². The molecule has 0 aromatic heterocycles. The molecule has 0 aliphatic carbocycles. The number of amides is 1. The summed E-state index contributed by atoms with van der Waals surface area (Å²) in [5.41, 5.74) is 5.51. The van der Waals surface area contributed by atoms with Crippen molar-refractivity contribution >= 4 is 17.5 Å². The van der Waals surface area contributed by atoms with E-state index >= 15 is 0 Å². The minimum absolute atomic E-state index is 0.0608. The maximum Gasteiger partial charge on any atom is 0.411 e. The van der Waals surface area contributed by atoms with Crippen LogP contribution in [0.2, 0.25) is 0 Å². The monoisotopic (exact) mass is 184 g/mol. The van der Waals surface area contributed by atoms with Gasteiger partial charge in [-0.05, 0) is 12.1 Å². The topological polar surface area (TPSA) is 64.3 Å². The first-order valence-electron chi connectivity index (χ1n) is 3.54. The smallest absolute Gasteiger partial charge is 0.411 e. The lowest BCUT2D eigenvalue weighted by atomic mass is 10.2. The first-order chi connectivity index (χ1) is 6.15. The van der Waals surface area contributed by atoms with Crippen molar-refractivity contribution < 1.29 is 13.9 Å². The molecule has 0 saturated carbocycles. The predicted molar refractivity (Wildman–Crippen MR) is 46.8 cm³/mol. The van der Waals surface area contributed by atoms with Gasteiger partial charge in [-0.25, -0.2) is 9.18 Å². The van der Waals surface area contributed by atoms with Crippen molar-refractivity contribution in [3.05, 3.63) is 24.0 Å². The third-order valence-corrected chi connectivity index (χ3v) is 1.46. The summed E-state index contributed by atoms with van der Waals surface area (Å²) in [6, 6.07) is 4.13. The van der Waals surface area contributed by atoms with Gasteiger partial charge in [-0.15, -0.1) is 0 Å². The molecular formula is C8H9FN2O2. The van der Waals surface area contributed by atoms with Gasteiger partial charge in [0.1, 0.15) is 11.5 Å². The number of anilines is 2. The average Bonchev–Trinajstić information content (AvgIpc) is 2.11. The second-order valence-corrected chi connectivity index (χ2v) is 2.32. The average molecular weight is 184 g/mol. The Kier molecular flexibility index (Phi) is 2.69. The van der Waals surface area contributed by atoms with E-state index in [1.165, 1.54) is 25.3 Å². The van der Waals surface area contributed by atoms with Crippen LogP contribution in [0.1, 0.15) is 0 Å². The van der Waals surface area contributed by atoms with E-state index in [1.54, 1.807) is 0 Å². The van der Waals surface area contributed by atoms with Gasteiger partial charge in [-0.1, -0.05) is 6.07 Å². The Bertz CT molecular complexity index is 308. The Morgan fingerprint density at radius 1 is 1.62 bits per heavy atom. The molecule has 13 heavy (non-hydrogen) atoms. The molecule has 1 aromatic rings. The molecule has 5 heteroatoms. The summed E-state index contributed by atoms with van der Waals surface area (Å²) >= 11 is 0. The molecule has 70 valence electrons. The Balaban J connectivity index is 2.93. The van der Waals surface area contributed by atoms with E-state index in [4.69, 9.17) is 5.73 Å². The second kappa shape index (κ2) is 3.75. The molecule has 0 heterocycles. The zero-order valence-corrected chi connectivity index (χ0v) is 7.00. The Morgan fingerprint density at radius 2 is 2.31 bits per heavy atom. The van der Waals surface area contributed by atoms with E-state index in [9.17, 15) is 9.18 Å². The molecule has 0 unspecified atom stereocenters. The number of hydrogen-bond acceptors (Lipinski definition) is 3. The lowest BCUT2D eigenvalue weighted by Crippen LogP contribution is -2.13. The summed E-state index contributed by atoms with van der Waals surface area (Å²) in [6.45, 7) is 0. The Morgan fingerprint density at radius 3 is 2.85 bits per heavy atom. The van der Waals surface area contributed by atoms with E-state index in [-0.39, 0.29) is 11.4 Å². The van der Waals surface area contributed by atoms with Crippen molar-refractivity contribution in [1.82, 2.24) is 0 Å². The molecule has 0 radical (unpaired) electrons. The maximum atomic E-state index is 13.0. The van der Waals surface area contributed by atoms with Gasteiger partial charge >= 0.3 is 6.09 Å². The summed E-state index contributed by atoms with van der Waals surface area (Å²) in [4.78, 5) is 10.7. The zero-order valence-electron chi connectivity index (χ0n) is 7.00. The Hall–Kier alpha value is -1.78. The van der Waals surface area contributed by atoms with Crippen LogP contribution >= 0.6 is 0 Å². The van der Waals surface area contributed by atoms with Crippen LogP contribution in [0, 0.1) is 5.82 Å². The lowest BCUT2D eigenvalue weighted by Gasteiger charge is -2.07. The fraction of sp³-hybridized carbons (Fsp3) is 0.125. The molecule has 0 aliphatic heterocycles. The van der Waals surface area contributed by atoms with Gasteiger partial charge in [0.05, 0.1) is 12.8 Å². The predicted octanol–water partition coefficient (Wildman–Crippen LogP) is 1.59. The minimum Gasteiger partial charge on any atom is -0.453 e. The molecule has 4 nitrogen and oxygen atoms in total. The van der Waals surface area contributed by atoms with E-state index in [1.807, 2.05) is 0 Å². The number of carbonyl (C=O) groups excluding carboxylic acids is 1. The molecule has 0 atom stereocenters. The van der Waals surface area contributed by atoms with Crippen LogP contribution < -0.4 is 11.1 Å². The number of hydrogen-bond donors (Lipinski definition) is 2. The van der Waals surface area contributed by atoms with Crippen molar-refractivity contribution in [2.45, 2.75) is 0 Å². The molecule has 0 spiro atoms. The highest BCUT2D eigenvalue weighted by molar-refractivity contribution is 5.88. The van der Waals surface area contributed by atoms with Crippen LogP contribution in [-0.2, 0) is 4.74 Å². The van der Waals surface area contributed by atoms with E-state index in [0.29, 0.717) is 0 Å². The number of nitrogen functional groups attached to an aromatic ring is 1. The maximum absolute atomic E-state index is 13.0. The molecule has 0 fully saturated rings. The molecule has 0 aliphatic rings. The first kappa shape index (κ1) is 9.31. The number of halogens is 1. The van der Waals surface area contributed by atoms with Crippen LogP contribution in [0.25, 0.3) is 0 Å². The van der Waals surface area contributed by atoms with Crippen LogP contribution in [0.15, 0.2) is 18.2 Å². The summed E-state index contributed by atoms with van der Waals surface area (Å²) in [7, 11) is 1.19. The van der Waals surface area contributed by atoms with Gasteiger partial charge in [0.2, 0.25) is 0 Å². The molecule has 3 N–H and O–H groups in total. The molecule has 1 amide bonds. The number of rotatable bonds is 1. The van der Waals surface area contributed by atoms with Gasteiger partial charge < -0.3 is 10.5 Å². The quantitative estimate of drug-likeness (QED) is 0.651. The van der Waals surface area contributed by atoms with E-state index in [2.05, 4.69) is 10.1 Å². The standard InChI is InChI=1S/C8H9FN2O2/c1-13-8(12)11-7-5(9)3-2-4-6(7)10/h2-4H,10H2,1H3,(H,11,12).